The maximum absolute atomic E-state index is 11.3. The van der Waals surface area contributed by atoms with E-state index in [1.165, 1.54) is 89.9 Å². The molecule has 8 heteroatoms. The number of carbonyl (C=O) groups excluding carboxylic acids is 2. The number of aliphatic hydroxyl groups excluding tert-OH is 4. The fraction of sp³-hybridized carbons (Fsp3) is 0.933. The molecule has 0 aromatic rings. The first-order valence-corrected chi connectivity index (χ1v) is 15.3. The third-order valence-electron chi connectivity index (χ3n) is 6.26. The van der Waals surface area contributed by atoms with Gasteiger partial charge in [0.2, 0.25) is 0 Å². The zero-order chi connectivity index (χ0) is 28.7. The fourth-order valence-corrected chi connectivity index (χ4v) is 3.79. The second kappa shape index (κ2) is 32.0. The Morgan fingerprint density at radius 1 is 0.500 bits per heavy atom. The van der Waals surface area contributed by atoms with Gasteiger partial charge in [0.15, 0.2) is 0 Å². The predicted molar refractivity (Wildman–Crippen MR) is 152 cm³/mol. The van der Waals surface area contributed by atoms with Crippen LogP contribution in [0, 0.1) is 0 Å². The van der Waals surface area contributed by atoms with Crippen LogP contribution < -0.4 is 0 Å². The van der Waals surface area contributed by atoms with Crippen LogP contribution in [-0.4, -0.2) is 71.0 Å². The molecule has 0 saturated heterocycles. The second-order valence-electron chi connectivity index (χ2n) is 10.2. The minimum absolute atomic E-state index is 0.104. The summed E-state index contributed by atoms with van der Waals surface area (Å²) in [5, 5.41) is 35.1. The highest BCUT2D eigenvalue weighted by atomic mass is 16.5. The van der Waals surface area contributed by atoms with Gasteiger partial charge in [0.1, 0.15) is 25.4 Å². The van der Waals surface area contributed by atoms with Gasteiger partial charge in [-0.15, -0.1) is 0 Å². The van der Waals surface area contributed by atoms with Crippen molar-refractivity contribution in [1.29, 1.82) is 0 Å². The van der Waals surface area contributed by atoms with E-state index < -0.39 is 12.2 Å². The minimum atomic E-state index is -0.952. The summed E-state index contributed by atoms with van der Waals surface area (Å²) in [5.74, 6) is -0.564. The van der Waals surface area contributed by atoms with Crippen molar-refractivity contribution in [3.63, 3.8) is 0 Å². The van der Waals surface area contributed by atoms with E-state index in [2.05, 4.69) is 13.8 Å². The molecule has 0 aliphatic rings. The number of carbonyl (C=O) groups is 2. The number of aliphatic hydroxyl groups is 4. The van der Waals surface area contributed by atoms with Crippen molar-refractivity contribution in [2.24, 2.45) is 0 Å². The number of unbranched alkanes of at least 4 members (excludes halogenated alkanes) is 16. The zero-order valence-electron chi connectivity index (χ0n) is 24.5. The normalized spacial score (nSPS) is 12.4. The number of ether oxygens (including phenoxy) is 2. The van der Waals surface area contributed by atoms with Crippen molar-refractivity contribution in [2.75, 3.05) is 26.4 Å². The van der Waals surface area contributed by atoms with Crippen molar-refractivity contribution in [2.45, 2.75) is 154 Å². The largest absolute Gasteiger partial charge is 0.463 e. The molecule has 2 atom stereocenters. The van der Waals surface area contributed by atoms with Crippen molar-refractivity contribution < 1.29 is 39.5 Å². The first-order valence-electron chi connectivity index (χ1n) is 15.3. The van der Waals surface area contributed by atoms with E-state index >= 15 is 0 Å². The Kier molecular flexibility index (Phi) is 32.8. The molecule has 4 N–H and O–H groups in total. The molecule has 0 aliphatic carbocycles. The SMILES string of the molecule is CCCCCCCCCCCC(=O)OCC(O)CO.CCCCCCCCCCCC(=O)OCC(O)CO. The molecule has 0 saturated carbocycles. The van der Waals surface area contributed by atoms with Crippen LogP contribution in [0.25, 0.3) is 0 Å². The van der Waals surface area contributed by atoms with Gasteiger partial charge in [-0.25, -0.2) is 0 Å². The van der Waals surface area contributed by atoms with Crippen molar-refractivity contribution in [1.82, 2.24) is 0 Å². The Hall–Kier alpha value is -1.22. The molecule has 0 radical (unpaired) electrons. The highest BCUT2D eigenvalue weighted by Crippen LogP contribution is 2.12. The van der Waals surface area contributed by atoms with Crippen molar-refractivity contribution in [3.05, 3.63) is 0 Å². The van der Waals surface area contributed by atoms with Gasteiger partial charge >= 0.3 is 11.9 Å². The molecule has 8 nitrogen and oxygen atoms in total. The molecule has 0 rings (SSSR count). The van der Waals surface area contributed by atoms with Crippen LogP contribution in [0.3, 0.4) is 0 Å². The van der Waals surface area contributed by atoms with Crippen LogP contribution in [0.15, 0.2) is 0 Å². The summed E-state index contributed by atoms with van der Waals surface area (Å²) in [6.07, 6.45) is 20.8. The second-order valence-corrected chi connectivity index (χ2v) is 10.2. The van der Waals surface area contributed by atoms with E-state index in [0.29, 0.717) is 12.8 Å². The molecule has 0 aromatic heterocycles. The first kappa shape index (κ1) is 38.9. The van der Waals surface area contributed by atoms with Gasteiger partial charge in [-0.05, 0) is 12.8 Å². The van der Waals surface area contributed by atoms with E-state index in [9.17, 15) is 9.59 Å². The Labute approximate surface area is 232 Å². The van der Waals surface area contributed by atoms with Gasteiger partial charge < -0.3 is 29.9 Å². The average molecular weight is 549 g/mol. The topological polar surface area (TPSA) is 134 Å². The molecule has 0 spiro atoms. The van der Waals surface area contributed by atoms with Gasteiger partial charge in [-0.2, -0.15) is 0 Å². The van der Waals surface area contributed by atoms with Crippen molar-refractivity contribution >= 4 is 11.9 Å². The summed E-state index contributed by atoms with van der Waals surface area (Å²) in [4.78, 5) is 22.5. The maximum Gasteiger partial charge on any atom is 0.305 e. The minimum Gasteiger partial charge on any atom is -0.463 e. The average Bonchev–Trinajstić information content (AvgIpc) is 2.93. The number of hydrogen-bond acceptors (Lipinski definition) is 8. The van der Waals surface area contributed by atoms with Crippen LogP contribution in [-0.2, 0) is 19.1 Å². The summed E-state index contributed by atoms with van der Waals surface area (Å²) in [7, 11) is 0. The molecule has 38 heavy (non-hydrogen) atoms. The molecule has 228 valence electrons. The van der Waals surface area contributed by atoms with Crippen LogP contribution in [0.4, 0.5) is 0 Å². The monoisotopic (exact) mass is 548 g/mol. The maximum atomic E-state index is 11.3. The summed E-state index contributed by atoms with van der Waals surface area (Å²) < 4.78 is 9.64. The fourth-order valence-electron chi connectivity index (χ4n) is 3.79. The van der Waals surface area contributed by atoms with E-state index in [0.717, 1.165) is 25.7 Å². The molecular weight excluding hydrogens is 488 g/mol. The predicted octanol–water partition coefficient (Wildman–Crippen LogP) is 5.61. The van der Waals surface area contributed by atoms with E-state index in [4.69, 9.17) is 29.9 Å². The lowest BCUT2D eigenvalue weighted by Gasteiger charge is -2.08. The Bertz CT molecular complexity index is 457. The molecule has 0 heterocycles. The third kappa shape index (κ3) is 32.8. The summed E-state index contributed by atoms with van der Waals surface area (Å²) in [6.45, 7) is 3.49. The molecular formula is C30H60O8. The van der Waals surface area contributed by atoms with Gasteiger partial charge in [-0.3, -0.25) is 9.59 Å². The standard InChI is InChI=1S/2C15H30O4/c2*1-2-3-4-5-6-7-8-9-10-11-15(18)19-13-14(17)12-16/h2*14,16-17H,2-13H2,1H3. The van der Waals surface area contributed by atoms with E-state index in [1.807, 2.05) is 0 Å². The molecule has 0 aliphatic heterocycles. The molecule has 0 bridgehead atoms. The third-order valence-corrected chi connectivity index (χ3v) is 6.26. The Balaban J connectivity index is 0. The number of esters is 2. The van der Waals surface area contributed by atoms with Gasteiger partial charge in [0, 0.05) is 12.8 Å². The van der Waals surface area contributed by atoms with Gasteiger partial charge in [-0.1, -0.05) is 117 Å². The summed E-state index contributed by atoms with van der Waals surface area (Å²) in [6, 6.07) is 0. The molecule has 2 unspecified atom stereocenters. The van der Waals surface area contributed by atoms with E-state index in [1.54, 1.807) is 0 Å². The number of hydrogen-bond donors (Lipinski definition) is 4. The summed E-state index contributed by atoms with van der Waals surface area (Å²) >= 11 is 0. The lowest BCUT2D eigenvalue weighted by Crippen LogP contribution is -2.21. The van der Waals surface area contributed by atoms with Crippen LogP contribution in [0.1, 0.15) is 142 Å². The lowest BCUT2D eigenvalue weighted by atomic mass is 10.1. The van der Waals surface area contributed by atoms with Crippen molar-refractivity contribution in [3.8, 4) is 0 Å². The van der Waals surface area contributed by atoms with Gasteiger partial charge in [0.25, 0.3) is 0 Å². The van der Waals surface area contributed by atoms with Crippen LogP contribution in [0.5, 0.6) is 0 Å². The van der Waals surface area contributed by atoms with Gasteiger partial charge in [0.05, 0.1) is 13.2 Å². The van der Waals surface area contributed by atoms with E-state index in [-0.39, 0.29) is 38.4 Å². The zero-order valence-corrected chi connectivity index (χ0v) is 24.5. The number of rotatable bonds is 26. The van der Waals surface area contributed by atoms with Crippen LogP contribution in [0.2, 0.25) is 0 Å². The smallest absolute Gasteiger partial charge is 0.305 e. The molecule has 0 fully saturated rings. The first-order chi connectivity index (χ1) is 18.4. The van der Waals surface area contributed by atoms with Crippen LogP contribution >= 0.6 is 0 Å². The Morgan fingerprint density at radius 3 is 1.03 bits per heavy atom. The highest BCUT2D eigenvalue weighted by Gasteiger charge is 2.08. The molecule has 0 aromatic carbocycles. The summed E-state index contributed by atoms with van der Waals surface area (Å²) in [5.41, 5.74) is 0. The molecule has 0 amide bonds. The Morgan fingerprint density at radius 2 is 0.763 bits per heavy atom. The lowest BCUT2D eigenvalue weighted by molar-refractivity contribution is -0.148. The quantitative estimate of drug-likeness (QED) is 0.0810. The highest BCUT2D eigenvalue weighted by molar-refractivity contribution is 5.69.